The first-order valence-electron chi connectivity index (χ1n) is 19.2. The Hall–Kier alpha value is -6.85. The van der Waals surface area contributed by atoms with E-state index in [2.05, 4.69) is 126 Å². The third kappa shape index (κ3) is 5.81. The monoisotopic (exact) mass is 746 g/mol. The predicted molar refractivity (Wildman–Crippen MR) is 231 cm³/mol. The van der Waals surface area contributed by atoms with Gasteiger partial charge in [0.1, 0.15) is 0 Å². The SMILES string of the molecule is Cc1ccc(-n2c3ccc(C)cc3c3cc(-c4ccccc4)ccc32)c(-c2cc(C(F)(F)F)ccc2-n2c3ccc(C)cc3c3cc(-c4ccccc4)ccc32)c1. The normalized spacial score (nSPS) is 12.0. The third-order valence-corrected chi connectivity index (χ3v) is 11.3. The minimum Gasteiger partial charge on any atom is -0.309 e. The highest BCUT2D eigenvalue weighted by Gasteiger charge is 2.32. The lowest BCUT2D eigenvalue weighted by atomic mass is 9.96. The van der Waals surface area contributed by atoms with Gasteiger partial charge in [0.25, 0.3) is 0 Å². The number of rotatable bonds is 5. The molecule has 2 aromatic heterocycles. The van der Waals surface area contributed by atoms with E-state index >= 15 is 0 Å². The molecule has 0 aliphatic carbocycles. The van der Waals surface area contributed by atoms with E-state index in [1.54, 1.807) is 6.07 Å². The predicted octanol–water partition coefficient (Wildman–Crippen LogP) is 14.8. The van der Waals surface area contributed by atoms with Crippen LogP contribution >= 0.6 is 0 Å². The summed E-state index contributed by atoms with van der Waals surface area (Å²) in [6.45, 7) is 6.16. The van der Waals surface area contributed by atoms with Gasteiger partial charge in [-0.2, -0.15) is 13.2 Å². The molecular formula is C52H37F3N2. The molecule has 0 spiro atoms. The molecule has 5 heteroatoms. The Morgan fingerprint density at radius 1 is 0.351 bits per heavy atom. The molecule has 0 bridgehead atoms. The van der Waals surface area contributed by atoms with Crippen LogP contribution < -0.4 is 0 Å². The van der Waals surface area contributed by atoms with Crippen molar-refractivity contribution < 1.29 is 13.2 Å². The number of hydrogen-bond donors (Lipinski definition) is 0. The van der Waals surface area contributed by atoms with Crippen LogP contribution in [0.3, 0.4) is 0 Å². The van der Waals surface area contributed by atoms with Crippen molar-refractivity contribution in [3.05, 3.63) is 192 Å². The summed E-state index contributed by atoms with van der Waals surface area (Å²) in [5, 5.41) is 4.26. The molecule has 0 fully saturated rings. The molecule has 0 atom stereocenters. The number of benzene rings is 8. The van der Waals surface area contributed by atoms with Crippen LogP contribution in [0.5, 0.6) is 0 Å². The largest absolute Gasteiger partial charge is 0.416 e. The topological polar surface area (TPSA) is 9.86 Å². The van der Waals surface area contributed by atoms with E-state index in [1.807, 2.05) is 55.5 Å². The van der Waals surface area contributed by atoms with Crippen molar-refractivity contribution in [1.29, 1.82) is 0 Å². The quantitative estimate of drug-likeness (QED) is 0.166. The number of fused-ring (bicyclic) bond motifs is 6. The molecule has 8 aromatic carbocycles. The number of aryl methyl sites for hydroxylation is 3. The number of aromatic nitrogens is 2. The zero-order valence-corrected chi connectivity index (χ0v) is 31.7. The average Bonchev–Trinajstić information content (AvgIpc) is 3.71. The third-order valence-electron chi connectivity index (χ3n) is 11.3. The lowest BCUT2D eigenvalue weighted by molar-refractivity contribution is -0.137. The molecule has 0 unspecified atom stereocenters. The zero-order valence-electron chi connectivity index (χ0n) is 31.7. The Balaban J connectivity index is 1.28. The maximum absolute atomic E-state index is 14.8. The molecule has 10 rings (SSSR count). The van der Waals surface area contributed by atoms with Crippen LogP contribution in [0.1, 0.15) is 22.3 Å². The Kier molecular flexibility index (Phi) is 7.98. The molecule has 276 valence electrons. The van der Waals surface area contributed by atoms with E-state index in [0.29, 0.717) is 16.8 Å². The summed E-state index contributed by atoms with van der Waals surface area (Å²) in [6, 6.07) is 56.6. The summed E-state index contributed by atoms with van der Waals surface area (Å²) in [7, 11) is 0. The van der Waals surface area contributed by atoms with Gasteiger partial charge in [-0.25, -0.2) is 0 Å². The van der Waals surface area contributed by atoms with E-state index in [4.69, 9.17) is 0 Å². The number of halogens is 3. The van der Waals surface area contributed by atoms with Crippen LogP contribution in [0.15, 0.2) is 170 Å². The van der Waals surface area contributed by atoms with Crippen molar-refractivity contribution in [2.24, 2.45) is 0 Å². The lowest BCUT2D eigenvalue weighted by Gasteiger charge is -2.21. The molecule has 0 saturated carbocycles. The van der Waals surface area contributed by atoms with Gasteiger partial charge < -0.3 is 9.13 Å². The molecule has 0 amide bonds. The van der Waals surface area contributed by atoms with Gasteiger partial charge in [0.05, 0.1) is 39.0 Å². The molecule has 57 heavy (non-hydrogen) atoms. The molecule has 2 heterocycles. The average molecular weight is 747 g/mol. The summed E-state index contributed by atoms with van der Waals surface area (Å²) >= 11 is 0. The molecular weight excluding hydrogens is 710 g/mol. The summed E-state index contributed by atoms with van der Waals surface area (Å²) in [5.74, 6) is 0. The standard InChI is InChI=1S/C52H37F3N2/c1-32-14-20-46-40(26-32)43-29-37(35-10-6-4-7-11-35)17-23-49(43)56(46)48-22-16-34(3)28-42(48)45-31-39(52(53,54)55)19-25-51(45)57-47-21-15-33(2)27-41(47)44-30-38(18-24-50(44)57)36-12-8-5-9-13-36/h4-31H,1-3H3. The van der Waals surface area contributed by atoms with Crippen LogP contribution in [0.25, 0.3) is 88.4 Å². The first-order valence-corrected chi connectivity index (χ1v) is 19.2. The van der Waals surface area contributed by atoms with Crippen molar-refractivity contribution >= 4 is 43.6 Å². The summed E-state index contributed by atoms with van der Waals surface area (Å²) in [6.07, 6.45) is -4.54. The van der Waals surface area contributed by atoms with Gasteiger partial charge in [-0.3, -0.25) is 0 Å². The van der Waals surface area contributed by atoms with Crippen LogP contribution in [0, 0.1) is 20.8 Å². The Morgan fingerprint density at radius 3 is 1.21 bits per heavy atom. The van der Waals surface area contributed by atoms with Crippen molar-refractivity contribution in [2.75, 3.05) is 0 Å². The van der Waals surface area contributed by atoms with E-state index in [1.165, 1.54) is 12.1 Å². The van der Waals surface area contributed by atoms with Gasteiger partial charge in [0.2, 0.25) is 0 Å². The first kappa shape index (κ1) is 34.6. The maximum Gasteiger partial charge on any atom is 0.416 e. The van der Waals surface area contributed by atoms with Crippen LogP contribution in [0.2, 0.25) is 0 Å². The lowest BCUT2D eigenvalue weighted by Crippen LogP contribution is -2.08. The van der Waals surface area contributed by atoms with Crippen molar-refractivity contribution in [2.45, 2.75) is 26.9 Å². The molecule has 0 aliphatic rings. The smallest absolute Gasteiger partial charge is 0.309 e. The van der Waals surface area contributed by atoms with Gasteiger partial charge >= 0.3 is 6.18 Å². The summed E-state index contributed by atoms with van der Waals surface area (Å²) in [5.41, 5.74) is 13.4. The van der Waals surface area contributed by atoms with Gasteiger partial charge in [0, 0.05) is 32.7 Å². The number of nitrogens with zero attached hydrogens (tertiary/aromatic N) is 2. The second kappa shape index (κ2) is 13.1. The zero-order chi connectivity index (χ0) is 39.0. The minimum absolute atomic E-state index is 0.498. The molecule has 0 N–H and O–H groups in total. The molecule has 0 radical (unpaired) electrons. The van der Waals surface area contributed by atoms with Crippen molar-refractivity contribution in [1.82, 2.24) is 9.13 Å². The molecule has 0 aliphatic heterocycles. The summed E-state index contributed by atoms with van der Waals surface area (Å²) < 4.78 is 48.7. The van der Waals surface area contributed by atoms with E-state index in [9.17, 15) is 13.2 Å². The maximum atomic E-state index is 14.8. The number of hydrogen-bond acceptors (Lipinski definition) is 0. The fourth-order valence-corrected chi connectivity index (χ4v) is 8.60. The van der Waals surface area contributed by atoms with Crippen molar-refractivity contribution in [3.8, 4) is 44.8 Å². The fourth-order valence-electron chi connectivity index (χ4n) is 8.60. The van der Waals surface area contributed by atoms with E-state index in [-0.39, 0.29) is 0 Å². The molecule has 2 nitrogen and oxygen atoms in total. The second-order valence-electron chi connectivity index (χ2n) is 15.2. The fraction of sp³-hybridized carbons (Fsp3) is 0.0769. The van der Waals surface area contributed by atoms with Crippen molar-refractivity contribution in [3.63, 3.8) is 0 Å². The van der Waals surface area contributed by atoms with Crippen LogP contribution in [-0.4, -0.2) is 9.13 Å². The highest BCUT2D eigenvalue weighted by Crippen LogP contribution is 2.44. The van der Waals surface area contributed by atoms with Gasteiger partial charge in [-0.15, -0.1) is 0 Å². The molecule has 0 saturated heterocycles. The molecule has 10 aromatic rings. The Morgan fingerprint density at radius 2 is 0.737 bits per heavy atom. The van der Waals surface area contributed by atoms with Gasteiger partial charge in [0.15, 0.2) is 0 Å². The van der Waals surface area contributed by atoms with Crippen LogP contribution in [-0.2, 0) is 6.18 Å². The van der Waals surface area contributed by atoms with E-state index in [0.717, 1.165) is 88.2 Å². The number of alkyl halides is 3. The Bertz CT molecular complexity index is 3190. The van der Waals surface area contributed by atoms with Crippen LogP contribution in [0.4, 0.5) is 13.2 Å². The minimum atomic E-state index is -4.54. The van der Waals surface area contributed by atoms with E-state index < -0.39 is 11.7 Å². The van der Waals surface area contributed by atoms with Gasteiger partial charge in [-0.05, 0) is 122 Å². The highest BCUT2D eigenvalue weighted by atomic mass is 19.4. The highest BCUT2D eigenvalue weighted by molar-refractivity contribution is 6.13. The first-order chi connectivity index (χ1) is 27.6. The summed E-state index contributed by atoms with van der Waals surface area (Å²) in [4.78, 5) is 0. The van der Waals surface area contributed by atoms with Gasteiger partial charge in [-0.1, -0.05) is 108 Å². The second-order valence-corrected chi connectivity index (χ2v) is 15.2. The Labute approximate surface area is 328 Å².